The number of aromatic amines is 1. The van der Waals surface area contributed by atoms with E-state index in [9.17, 15) is 0 Å². The van der Waals surface area contributed by atoms with Crippen LogP contribution in [0.15, 0.2) is 71.9 Å². The van der Waals surface area contributed by atoms with Gasteiger partial charge in [0.1, 0.15) is 5.75 Å². The predicted octanol–water partition coefficient (Wildman–Crippen LogP) is 4.14. The van der Waals surface area contributed by atoms with Crippen LogP contribution in [0.3, 0.4) is 0 Å². The molecule has 0 bridgehead atoms. The second kappa shape index (κ2) is 8.90. The fourth-order valence-electron chi connectivity index (χ4n) is 4.28. The van der Waals surface area contributed by atoms with E-state index in [1.165, 1.54) is 0 Å². The van der Waals surface area contributed by atoms with Crippen molar-refractivity contribution < 1.29 is 4.74 Å². The van der Waals surface area contributed by atoms with Gasteiger partial charge in [-0.1, -0.05) is 30.3 Å². The van der Waals surface area contributed by atoms with E-state index in [4.69, 9.17) is 15.5 Å². The molecule has 0 spiro atoms. The summed E-state index contributed by atoms with van der Waals surface area (Å²) in [5, 5.41) is 7.54. The lowest BCUT2D eigenvalue weighted by Gasteiger charge is -2.32. The van der Waals surface area contributed by atoms with Gasteiger partial charge in [0.25, 0.3) is 0 Å². The third-order valence-corrected chi connectivity index (χ3v) is 5.92. The minimum atomic E-state index is -0.555. The number of ether oxygens (including phenoxy) is 1. The molecule has 0 saturated heterocycles. The van der Waals surface area contributed by atoms with Crippen molar-refractivity contribution in [3.8, 4) is 28.5 Å². The second-order valence-corrected chi connectivity index (χ2v) is 8.12. The molecule has 0 saturated carbocycles. The first-order valence-electron chi connectivity index (χ1n) is 11.1. The number of allylic oxidation sites excluding steroid dienone is 1. The molecule has 1 atom stereocenters. The summed E-state index contributed by atoms with van der Waals surface area (Å²) in [5.41, 5.74) is 10.2. The SMILES string of the molecule is CCOc1cccc(-c2n[nH]c(-c3ccc(C)c(C4(c5ccnc(N)n5)C=CC=NC4)c3)n2)c1. The maximum atomic E-state index is 5.93. The van der Waals surface area contributed by atoms with E-state index in [1.54, 1.807) is 12.4 Å². The number of benzene rings is 2. The van der Waals surface area contributed by atoms with Crippen LogP contribution in [0.4, 0.5) is 5.95 Å². The van der Waals surface area contributed by atoms with Gasteiger partial charge in [0.05, 0.1) is 24.3 Å². The number of rotatable bonds is 6. The maximum absolute atomic E-state index is 5.93. The summed E-state index contributed by atoms with van der Waals surface area (Å²) in [5.74, 6) is 2.32. The number of hydrogen-bond donors (Lipinski definition) is 2. The van der Waals surface area contributed by atoms with E-state index in [0.29, 0.717) is 24.8 Å². The summed E-state index contributed by atoms with van der Waals surface area (Å²) in [6.07, 6.45) is 7.57. The fraction of sp³-hybridized carbons (Fsp3) is 0.192. The van der Waals surface area contributed by atoms with Crippen molar-refractivity contribution in [3.63, 3.8) is 0 Å². The Morgan fingerprint density at radius 1 is 1.09 bits per heavy atom. The molecule has 0 aliphatic carbocycles. The Morgan fingerprint density at radius 3 is 2.79 bits per heavy atom. The van der Waals surface area contributed by atoms with Crippen molar-refractivity contribution >= 4 is 12.2 Å². The molecule has 0 radical (unpaired) electrons. The molecule has 2 aromatic carbocycles. The van der Waals surface area contributed by atoms with E-state index in [0.717, 1.165) is 33.7 Å². The van der Waals surface area contributed by atoms with Crippen molar-refractivity contribution in [1.82, 2.24) is 25.1 Å². The average Bonchev–Trinajstić information content (AvgIpc) is 3.36. The van der Waals surface area contributed by atoms with E-state index >= 15 is 0 Å². The maximum Gasteiger partial charge on any atom is 0.220 e. The lowest BCUT2D eigenvalue weighted by Crippen LogP contribution is -2.33. The number of nitrogens with one attached hydrogen (secondary N) is 1. The highest BCUT2D eigenvalue weighted by Gasteiger charge is 2.36. The lowest BCUT2D eigenvalue weighted by molar-refractivity contribution is 0.340. The van der Waals surface area contributed by atoms with Gasteiger partial charge in [-0.15, -0.1) is 0 Å². The molecule has 4 aromatic rings. The standard InChI is InChI=1S/C26H25N7O/c1-3-34-20-7-4-6-18(14-20)23-31-24(33-32-23)19-9-8-17(2)21(15-19)26(11-5-12-28-16-26)22-10-13-29-25(27)30-22/h4-15H,3,16H2,1-2H3,(H2,27,29,30)(H,31,32,33). The summed E-state index contributed by atoms with van der Waals surface area (Å²) in [4.78, 5) is 17.9. The van der Waals surface area contributed by atoms with Crippen LogP contribution in [0.2, 0.25) is 0 Å². The van der Waals surface area contributed by atoms with Crippen molar-refractivity contribution in [2.45, 2.75) is 19.3 Å². The number of dihydropyridines is 1. The third kappa shape index (κ3) is 3.94. The molecule has 1 unspecified atom stereocenters. The number of hydrogen-bond acceptors (Lipinski definition) is 7. The summed E-state index contributed by atoms with van der Waals surface area (Å²) in [7, 11) is 0. The molecule has 8 nitrogen and oxygen atoms in total. The molecule has 170 valence electrons. The van der Waals surface area contributed by atoms with Gasteiger partial charge in [-0.05, 0) is 55.3 Å². The first-order chi connectivity index (χ1) is 16.6. The number of aromatic nitrogens is 5. The van der Waals surface area contributed by atoms with Crippen molar-refractivity contribution in [2.24, 2.45) is 4.99 Å². The summed E-state index contributed by atoms with van der Waals surface area (Å²) in [6, 6.07) is 15.9. The molecule has 1 aliphatic heterocycles. The number of nitrogens with two attached hydrogens (primary N) is 1. The van der Waals surface area contributed by atoms with Gasteiger partial charge in [-0.2, -0.15) is 5.10 Å². The molecule has 0 fully saturated rings. The van der Waals surface area contributed by atoms with Gasteiger partial charge in [0.2, 0.25) is 5.95 Å². The number of nitrogen functional groups attached to an aromatic ring is 1. The first-order valence-corrected chi connectivity index (χ1v) is 11.1. The minimum absolute atomic E-state index is 0.239. The van der Waals surface area contributed by atoms with Crippen LogP contribution in [0.1, 0.15) is 23.7 Å². The van der Waals surface area contributed by atoms with E-state index < -0.39 is 5.41 Å². The molecule has 34 heavy (non-hydrogen) atoms. The van der Waals surface area contributed by atoms with Crippen LogP contribution in [-0.4, -0.2) is 44.5 Å². The van der Waals surface area contributed by atoms with Gasteiger partial charge in [0.15, 0.2) is 11.6 Å². The molecule has 1 aliphatic rings. The Hall–Kier alpha value is -4.33. The normalized spacial score (nSPS) is 17.1. The summed E-state index contributed by atoms with van der Waals surface area (Å²) < 4.78 is 5.61. The highest BCUT2D eigenvalue weighted by atomic mass is 16.5. The largest absolute Gasteiger partial charge is 0.494 e. The van der Waals surface area contributed by atoms with Crippen LogP contribution in [0.5, 0.6) is 5.75 Å². The zero-order chi connectivity index (χ0) is 23.5. The minimum Gasteiger partial charge on any atom is -0.494 e. The van der Waals surface area contributed by atoms with E-state index in [1.807, 2.05) is 49.4 Å². The lowest BCUT2D eigenvalue weighted by atomic mass is 9.74. The predicted molar refractivity (Wildman–Crippen MR) is 133 cm³/mol. The number of aryl methyl sites for hydroxylation is 1. The second-order valence-electron chi connectivity index (χ2n) is 8.12. The number of anilines is 1. The quantitative estimate of drug-likeness (QED) is 0.455. The Morgan fingerprint density at radius 2 is 2.00 bits per heavy atom. The fourth-order valence-corrected chi connectivity index (χ4v) is 4.28. The number of aliphatic imine (C=N–C) groups is 1. The average molecular weight is 452 g/mol. The number of nitrogens with zero attached hydrogens (tertiary/aromatic N) is 5. The van der Waals surface area contributed by atoms with Crippen molar-refractivity contribution in [2.75, 3.05) is 18.9 Å². The zero-order valence-electron chi connectivity index (χ0n) is 19.1. The van der Waals surface area contributed by atoms with Crippen molar-refractivity contribution in [1.29, 1.82) is 0 Å². The van der Waals surface area contributed by atoms with Gasteiger partial charge in [-0.25, -0.2) is 15.0 Å². The van der Waals surface area contributed by atoms with E-state index in [-0.39, 0.29) is 5.95 Å². The summed E-state index contributed by atoms with van der Waals surface area (Å²) >= 11 is 0. The van der Waals surface area contributed by atoms with E-state index in [2.05, 4.69) is 50.3 Å². The highest BCUT2D eigenvalue weighted by molar-refractivity contribution is 5.74. The Balaban J connectivity index is 1.57. The Labute approximate surface area is 197 Å². The molecule has 3 heterocycles. The third-order valence-electron chi connectivity index (χ3n) is 5.92. The molecule has 8 heteroatoms. The highest BCUT2D eigenvalue weighted by Crippen LogP contribution is 2.38. The molecular formula is C26H25N7O. The summed E-state index contributed by atoms with van der Waals surface area (Å²) in [6.45, 7) is 5.17. The van der Waals surface area contributed by atoms with Crippen LogP contribution < -0.4 is 10.5 Å². The number of H-pyrrole nitrogens is 1. The Kier molecular flexibility index (Phi) is 5.63. The van der Waals surface area contributed by atoms with Gasteiger partial charge < -0.3 is 10.5 Å². The van der Waals surface area contributed by atoms with Crippen molar-refractivity contribution in [3.05, 3.63) is 83.7 Å². The smallest absolute Gasteiger partial charge is 0.220 e. The van der Waals surface area contributed by atoms with Crippen LogP contribution in [0.25, 0.3) is 22.8 Å². The first kappa shape index (κ1) is 21.5. The van der Waals surface area contributed by atoms with Crippen LogP contribution in [-0.2, 0) is 5.41 Å². The molecule has 2 aromatic heterocycles. The molecule has 0 amide bonds. The van der Waals surface area contributed by atoms with Gasteiger partial charge in [0, 0.05) is 23.5 Å². The monoisotopic (exact) mass is 451 g/mol. The van der Waals surface area contributed by atoms with Gasteiger partial charge in [-0.3, -0.25) is 10.1 Å². The van der Waals surface area contributed by atoms with Crippen LogP contribution in [0, 0.1) is 6.92 Å². The van der Waals surface area contributed by atoms with Crippen LogP contribution >= 0.6 is 0 Å². The molecule has 3 N–H and O–H groups in total. The van der Waals surface area contributed by atoms with Gasteiger partial charge >= 0.3 is 0 Å². The molecular weight excluding hydrogens is 426 g/mol. The topological polar surface area (TPSA) is 115 Å². The Bertz CT molecular complexity index is 1390. The zero-order valence-corrected chi connectivity index (χ0v) is 19.1. The molecule has 5 rings (SSSR count).